The molecule has 0 saturated carbocycles. The molecule has 27 heavy (non-hydrogen) atoms. The van der Waals surface area contributed by atoms with Crippen molar-refractivity contribution in [1.29, 1.82) is 0 Å². The largest absolute Gasteiger partial charge is 0.338 e. The molecule has 0 aliphatic carbocycles. The van der Waals surface area contributed by atoms with Gasteiger partial charge >= 0.3 is 0 Å². The lowest BCUT2D eigenvalue weighted by atomic mass is 9.88. The van der Waals surface area contributed by atoms with E-state index < -0.39 is 0 Å². The van der Waals surface area contributed by atoms with Crippen LogP contribution >= 0.6 is 0 Å². The summed E-state index contributed by atoms with van der Waals surface area (Å²) in [5.41, 5.74) is 2.46. The van der Waals surface area contributed by atoms with E-state index >= 15 is 0 Å². The second-order valence-corrected chi connectivity index (χ2v) is 7.97. The lowest BCUT2D eigenvalue weighted by molar-refractivity contribution is -0.132. The Morgan fingerprint density at radius 2 is 1.44 bits per heavy atom. The quantitative estimate of drug-likeness (QED) is 0.765. The van der Waals surface area contributed by atoms with Crippen LogP contribution in [-0.2, 0) is 4.79 Å². The lowest BCUT2D eigenvalue weighted by Gasteiger charge is -2.30. The molecule has 1 amide bonds. The van der Waals surface area contributed by atoms with Gasteiger partial charge in [-0.1, -0.05) is 60.7 Å². The second-order valence-electron chi connectivity index (χ2n) is 7.97. The van der Waals surface area contributed by atoms with Gasteiger partial charge in [0.05, 0.1) is 0 Å². The van der Waals surface area contributed by atoms with Crippen molar-refractivity contribution < 1.29 is 4.79 Å². The van der Waals surface area contributed by atoms with Gasteiger partial charge in [0, 0.05) is 31.5 Å². The zero-order chi connectivity index (χ0) is 18.5. The average Bonchev–Trinajstić information content (AvgIpc) is 3.40. The van der Waals surface area contributed by atoms with Crippen LogP contribution in [0.2, 0.25) is 0 Å². The number of rotatable bonds is 6. The molecule has 3 heteroatoms. The summed E-state index contributed by atoms with van der Waals surface area (Å²) < 4.78 is 0. The average molecular weight is 363 g/mol. The number of hydrogen-bond acceptors (Lipinski definition) is 2. The summed E-state index contributed by atoms with van der Waals surface area (Å²) in [7, 11) is 0. The molecular formula is C24H30N2O. The van der Waals surface area contributed by atoms with E-state index in [9.17, 15) is 4.79 Å². The van der Waals surface area contributed by atoms with E-state index in [-0.39, 0.29) is 5.92 Å². The molecule has 2 aliphatic rings. The molecule has 2 saturated heterocycles. The predicted molar refractivity (Wildman–Crippen MR) is 110 cm³/mol. The highest BCUT2D eigenvalue weighted by molar-refractivity contribution is 5.78. The molecule has 2 aliphatic heterocycles. The molecular weight excluding hydrogens is 332 g/mol. The molecule has 0 unspecified atom stereocenters. The minimum Gasteiger partial charge on any atom is -0.338 e. The Balaban J connectivity index is 1.49. The first-order valence-corrected chi connectivity index (χ1v) is 10.4. The summed E-state index contributed by atoms with van der Waals surface area (Å²) >= 11 is 0. The fourth-order valence-electron chi connectivity index (χ4n) is 4.71. The van der Waals surface area contributed by atoms with Crippen molar-refractivity contribution in [3.8, 4) is 0 Å². The first kappa shape index (κ1) is 18.2. The molecule has 0 radical (unpaired) electrons. The van der Waals surface area contributed by atoms with Crippen LogP contribution in [0.3, 0.4) is 0 Å². The monoisotopic (exact) mass is 362 g/mol. The molecule has 0 spiro atoms. The molecule has 1 atom stereocenters. The molecule has 142 valence electrons. The molecule has 0 bridgehead atoms. The topological polar surface area (TPSA) is 23.6 Å². The van der Waals surface area contributed by atoms with Gasteiger partial charge in [0.2, 0.25) is 5.91 Å². The van der Waals surface area contributed by atoms with Gasteiger partial charge in [-0.15, -0.1) is 0 Å². The van der Waals surface area contributed by atoms with Gasteiger partial charge in [-0.3, -0.25) is 4.79 Å². The van der Waals surface area contributed by atoms with Crippen molar-refractivity contribution >= 4 is 5.91 Å². The van der Waals surface area contributed by atoms with E-state index in [0.29, 0.717) is 18.4 Å². The van der Waals surface area contributed by atoms with Crippen molar-refractivity contribution in [3.63, 3.8) is 0 Å². The summed E-state index contributed by atoms with van der Waals surface area (Å²) in [4.78, 5) is 18.0. The van der Waals surface area contributed by atoms with Gasteiger partial charge in [-0.05, 0) is 49.9 Å². The van der Waals surface area contributed by atoms with Gasteiger partial charge in [-0.2, -0.15) is 0 Å². The van der Waals surface area contributed by atoms with Crippen molar-refractivity contribution in [2.75, 3.05) is 26.2 Å². The SMILES string of the molecule is O=C(CC(c1ccccc1)c1ccccc1)N1CCC[C@H]1CN1CCCC1. The minimum absolute atomic E-state index is 0.132. The zero-order valence-electron chi connectivity index (χ0n) is 16.1. The number of carbonyl (C=O) groups is 1. The first-order valence-electron chi connectivity index (χ1n) is 10.4. The lowest BCUT2D eigenvalue weighted by Crippen LogP contribution is -2.43. The number of benzene rings is 2. The number of carbonyl (C=O) groups excluding carboxylic acids is 1. The van der Waals surface area contributed by atoms with E-state index in [2.05, 4.69) is 58.3 Å². The van der Waals surface area contributed by atoms with Crippen LogP contribution in [-0.4, -0.2) is 47.9 Å². The fraction of sp³-hybridized carbons (Fsp3) is 0.458. The molecule has 2 aromatic carbocycles. The highest BCUT2D eigenvalue weighted by Crippen LogP contribution is 2.30. The third-order valence-electron chi connectivity index (χ3n) is 6.15. The van der Waals surface area contributed by atoms with E-state index in [1.807, 2.05) is 12.1 Å². The van der Waals surface area contributed by atoms with E-state index in [1.54, 1.807) is 0 Å². The maximum absolute atomic E-state index is 13.3. The maximum Gasteiger partial charge on any atom is 0.223 e. The van der Waals surface area contributed by atoms with Crippen LogP contribution in [0.5, 0.6) is 0 Å². The summed E-state index contributed by atoms with van der Waals surface area (Å²) in [6.07, 6.45) is 5.48. The summed E-state index contributed by atoms with van der Waals surface area (Å²) in [5.74, 6) is 0.447. The fourth-order valence-corrected chi connectivity index (χ4v) is 4.71. The van der Waals surface area contributed by atoms with Gasteiger partial charge in [-0.25, -0.2) is 0 Å². The third kappa shape index (κ3) is 4.41. The Hall–Kier alpha value is -2.13. The number of amides is 1. The Labute approximate surface area is 163 Å². The molecule has 0 N–H and O–H groups in total. The zero-order valence-corrected chi connectivity index (χ0v) is 16.1. The van der Waals surface area contributed by atoms with Crippen molar-refractivity contribution in [1.82, 2.24) is 9.80 Å². The van der Waals surface area contributed by atoms with Crippen molar-refractivity contribution in [3.05, 3.63) is 71.8 Å². The predicted octanol–water partition coefficient (Wildman–Crippen LogP) is 4.30. The molecule has 4 rings (SSSR count). The standard InChI is InChI=1S/C24H30N2O/c27-24(26-17-9-14-22(26)19-25-15-7-8-16-25)18-23(20-10-3-1-4-11-20)21-12-5-2-6-13-21/h1-6,10-13,22-23H,7-9,14-19H2/t22-/m0/s1. The molecule has 3 nitrogen and oxygen atoms in total. The Morgan fingerprint density at radius 1 is 0.852 bits per heavy atom. The van der Waals surface area contributed by atoms with Gasteiger partial charge in [0.15, 0.2) is 0 Å². The highest BCUT2D eigenvalue weighted by Gasteiger charge is 2.32. The van der Waals surface area contributed by atoms with Crippen LogP contribution in [0.4, 0.5) is 0 Å². The van der Waals surface area contributed by atoms with Crippen LogP contribution < -0.4 is 0 Å². The van der Waals surface area contributed by atoms with Gasteiger partial charge < -0.3 is 9.80 Å². The van der Waals surface area contributed by atoms with Crippen LogP contribution in [0.15, 0.2) is 60.7 Å². The molecule has 2 fully saturated rings. The van der Waals surface area contributed by atoms with E-state index in [1.165, 1.54) is 37.1 Å². The minimum atomic E-state index is 0.132. The number of hydrogen-bond donors (Lipinski definition) is 0. The van der Waals surface area contributed by atoms with Crippen molar-refractivity contribution in [2.45, 2.75) is 44.1 Å². The summed E-state index contributed by atoms with van der Waals surface area (Å²) in [6, 6.07) is 21.4. The molecule has 2 heterocycles. The second kappa shape index (κ2) is 8.71. The smallest absolute Gasteiger partial charge is 0.223 e. The Bertz CT molecular complexity index is 685. The van der Waals surface area contributed by atoms with E-state index in [4.69, 9.17) is 0 Å². The molecule has 0 aromatic heterocycles. The van der Waals surface area contributed by atoms with Gasteiger partial charge in [0.1, 0.15) is 0 Å². The maximum atomic E-state index is 13.3. The van der Waals surface area contributed by atoms with Crippen molar-refractivity contribution in [2.24, 2.45) is 0 Å². The summed E-state index contributed by atoms with van der Waals surface area (Å²) in [5, 5.41) is 0. The first-order chi connectivity index (χ1) is 13.3. The van der Waals surface area contributed by atoms with Crippen LogP contribution in [0, 0.1) is 0 Å². The van der Waals surface area contributed by atoms with Crippen LogP contribution in [0.25, 0.3) is 0 Å². The number of likely N-dealkylation sites (tertiary alicyclic amines) is 2. The normalized spacial score (nSPS) is 20.5. The third-order valence-corrected chi connectivity index (χ3v) is 6.15. The number of nitrogens with zero attached hydrogens (tertiary/aromatic N) is 2. The highest BCUT2D eigenvalue weighted by atomic mass is 16.2. The van der Waals surface area contributed by atoms with Gasteiger partial charge in [0.25, 0.3) is 0 Å². The Kier molecular flexibility index (Phi) is 5.88. The summed E-state index contributed by atoms with van der Waals surface area (Å²) in [6.45, 7) is 4.39. The molecule has 2 aromatic rings. The van der Waals surface area contributed by atoms with Crippen LogP contribution in [0.1, 0.15) is 49.1 Å². The Morgan fingerprint density at radius 3 is 2.04 bits per heavy atom. The van der Waals surface area contributed by atoms with E-state index in [0.717, 1.165) is 25.9 Å².